The summed E-state index contributed by atoms with van der Waals surface area (Å²) in [7, 11) is 0. The molecule has 0 aromatic heterocycles. The highest BCUT2D eigenvalue weighted by atomic mass is 35.5. The Labute approximate surface area is 118 Å². The van der Waals surface area contributed by atoms with Gasteiger partial charge in [0.25, 0.3) is 0 Å². The summed E-state index contributed by atoms with van der Waals surface area (Å²) in [5.74, 6) is 2.76. The van der Waals surface area contributed by atoms with E-state index in [0.717, 1.165) is 23.3 Å². The first-order chi connectivity index (χ1) is 8.32. The van der Waals surface area contributed by atoms with Gasteiger partial charge >= 0.3 is 0 Å². The molecular weight excluding hydrogens is 240 g/mol. The molecule has 0 fully saturated rings. The van der Waals surface area contributed by atoms with E-state index in [-0.39, 0.29) is 0 Å². The summed E-state index contributed by atoms with van der Waals surface area (Å²) in [6, 6.07) is 0. The molecular formula is C17H29Cl. The molecule has 2 atom stereocenters. The van der Waals surface area contributed by atoms with Crippen LogP contribution in [0.5, 0.6) is 0 Å². The van der Waals surface area contributed by atoms with E-state index in [1.807, 2.05) is 0 Å². The van der Waals surface area contributed by atoms with Crippen LogP contribution in [0.2, 0.25) is 0 Å². The van der Waals surface area contributed by atoms with Gasteiger partial charge in [0.05, 0.1) is 0 Å². The Morgan fingerprint density at radius 2 is 1.44 bits per heavy atom. The molecule has 18 heavy (non-hydrogen) atoms. The Balaban J connectivity index is 2.88. The lowest BCUT2D eigenvalue weighted by atomic mass is 9.83. The number of allylic oxidation sites excluding steroid dienone is 4. The zero-order valence-electron chi connectivity index (χ0n) is 12.9. The molecule has 0 aromatic rings. The fraction of sp³-hybridized carbons (Fsp3) is 0.765. The summed E-state index contributed by atoms with van der Waals surface area (Å²) >= 11 is 6.44. The summed E-state index contributed by atoms with van der Waals surface area (Å²) < 4.78 is 0. The molecule has 0 nitrogen and oxygen atoms in total. The van der Waals surface area contributed by atoms with E-state index in [1.54, 1.807) is 5.57 Å². The van der Waals surface area contributed by atoms with Crippen molar-refractivity contribution in [3.05, 3.63) is 22.3 Å². The van der Waals surface area contributed by atoms with Gasteiger partial charge in [-0.25, -0.2) is 0 Å². The monoisotopic (exact) mass is 268 g/mol. The van der Waals surface area contributed by atoms with Crippen molar-refractivity contribution in [3.63, 3.8) is 0 Å². The topological polar surface area (TPSA) is 0 Å². The van der Waals surface area contributed by atoms with Crippen LogP contribution in [-0.4, -0.2) is 0 Å². The normalized spacial score (nSPS) is 19.7. The van der Waals surface area contributed by atoms with Gasteiger partial charge in [-0.1, -0.05) is 64.8 Å². The maximum atomic E-state index is 6.44. The summed E-state index contributed by atoms with van der Waals surface area (Å²) in [6.07, 6.45) is 5.78. The highest BCUT2D eigenvalue weighted by Gasteiger charge is 2.25. The Kier molecular flexibility index (Phi) is 5.98. The van der Waals surface area contributed by atoms with Crippen LogP contribution in [0.4, 0.5) is 0 Å². The van der Waals surface area contributed by atoms with E-state index in [9.17, 15) is 0 Å². The van der Waals surface area contributed by atoms with E-state index >= 15 is 0 Å². The molecule has 0 aliphatic heterocycles. The van der Waals surface area contributed by atoms with E-state index in [4.69, 9.17) is 11.6 Å². The quantitative estimate of drug-likeness (QED) is 0.540. The van der Waals surface area contributed by atoms with E-state index in [0.29, 0.717) is 11.8 Å². The third-order valence-corrected chi connectivity index (χ3v) is 4.20. The van der Waals surface area contributed by atoms with Crippen molar-refractivity contribution in [2.24, 2.45) is 23.7 Å². The lowest BCUT2D eigenvalue weighted by Gasteiger charge is -2.23. The first-order valence-electron chi connectivity index (χ1n) is 7.41. The predicted octanol–water partition coefficient (Wildman–Crippen LogP) is 6.17. The highest BCUT2D eigenvalue weighted by Crippen LogP contribution is 2.41. The van der Waals surface area contributed by atoms with Crippen LogP contribution in [-0.2, 0) is 0 Å². The zero-order chi connectivity index (χ0) is 13.9. The molecule has 1 heteroatoms. The lowest BCUT2D eigenvalue weighted by Crippen LogP contribution is -2.10. The molecule has 0 amide bonds. The summed E-state index contributed by atoms with van der Waals surface area (Å²) in [5.41, 5.74) is 3.06. The Bertz CT molecular complexity index is 334. The van der Waals surface area contributed by atoms with Crippen molar-refractivity contribution in [2.75, 3.05) is 0 Å². The van der Waals surface area contributed by atoms with Crippen LogP contribution in [0.3, 0.4) is 0 Å². The van der Waals surface area contributed by atoms with E-state index in [2.05, 4.69) is 47.6 Å². The molecule has 0 aromatic carbocycles. The van der Waals surface area contributed by atoms with Gasteiger partial charge in [-0.3, -0.25) is 0 Å². The van der Waals surface area contributed by atoms with Crippen LogP contribution in [0.25, 0.3) is 0 Å². The fourth-order valence-corrected chi connectivity index (χ4v) is 3.65. The summed E-state index contributed by atoms with van der Waals surface area (Å²) in [5, 5.41) is 1.02. The van der Waals surface area contributed by atoms with Gasteiger partial charge in [-0.2, -0.15) is 0 Å². The Hall–Kier alpha value is -0.230. The number of halogens is 1. The van der Waals surface area contributed by atoms with Gasteiger partial charge in [-0.05, 0) is 48.5 Å². The second-order valence-corrected chi connectivity index (χ2v) is 7.16. The molecule has 0 N–H and O–H groups in total. The molecule has 0 radical (unpaired) electrons. The van der Waals surface area contributed by atoms with Crippen LogP contribution < -0.4 is 0 Å². The Morgan fingerprint density at radius 3 is 1.94 bits per heavy atom. The second kappa shape index (κ2) is 6.80. The standard InChI is InChI=1S/C17H29Cl/c1-11(2)9-13(5)15-7-8-16(18)17(15)14(6)10-12(3)4/h8,11-14H,7,9-10H2,1-6H3. The SMILES string of the molecule is CC(C)CC(C)C1=C(C(C)CC(C)C)C(Cl)=CC1. The van der Waals surface area contributed by atoms with Crippen molar-refractivity contribution in [1.82, 2.24) is 0 Å². The van der Waals surface area contributed by atoms with Gasteiger partial charge in [0.15, 0.2) is 0 Å². The minimum Gasteiger partial charge on any atom is -0.0844 e. The smallest absolute Gasteiger partial charge is 0.0403 e. The lowest BCUT2D eigenvalue weighted by molar-refractivity contribution is 0.460. The van der Waals surface area contributed by atoms with Crippen LogP contribution in [0, 0.1) is 23.7 Å². The molecule has 0 spiro atoms. The molecule has 104 valence electrons. The van der Waals surface area contributed by atoms with Crippen LogP contribution in [0.15, 0.2) is 22.3 Å². The first kappa shape index (κ1) is 15.8. The van der Waals surface area contributed by atoms with Crippen LogP contribution in [0.1, 0.15) is 60.8 Å². The highest BCUT2D eigenvalue weighted by molar-refractivity contribution is 6.32. The first-order valence-corrected chi connectivity index (χ1v) is 7.79. The maximum absolute atomic E-state index is 6.44. The van der Waals surface area contributed by atoms with Crippen molar-refractivity contribution in [1.29, 1.82) is 0 Å². The zero-order valence-corrected chi connectivity index (χ0v) is 13.6. The van der Waals surface area contributed by atoms with Crippen molar-refractivity contribution < 1.29 is 0 Å². The fourth-order valence-electron chi connectivity index (χ4n) is 3.27. The molecule has 0 saturated carbocycles. The minimum absolute atomic E-state index is 0.598. The molecule has 2 unspecified atom stereocenters. The molecule has 0 saturated heterocycles. The Morgan fingerprint density at radius 1 is 0.944 bits per heavy atom. The van der Waals surface area contributed by atoms with Gasteiger partial charge < -0.3 is 0 Å². The largest absolute Gasteiger partial charge is 0.0844 e. The third-order valence-electron chi connectivity index (χ3n) is 3.84. The van der Waals surface area contributed by atoms with Crippen LogP contribution >= 0.6 is 11.6 Å². The number of hydrogen-bond acceptors (Lipinski definition) is 0. The third kappa shape index (κ3) is 4.16. The van der Waals surface area contributed by atoms with Gasteiger partial charge in [0.1, 0.15) is 0 Å². The predicted molar refractivity (Wildman–Crippen MR) is 82.8 cm³/mol. The second-order valence-electron chi connectivity index (χ2n) is 6.76. The van der Waals surface area contributed by atoms with E-state index in [1.165, 1.54) is 18.4 Å². The molecule has 1 rings (SSSR count). The number of hydrogen-bond donors (Lipinski definition) is 0. The van der Waals surface area contributed by atoms with Crippen molar-refractivity contribution >= 4 is 11.6 Å². The van der Waals surface area contributed by atoms with E-state index < -0.39 is 0 Å². The summed E-state index contributed by atoms with van der Waals surface area (Å²) in [6.45, 7) is 13.9. The molecule has 0 heterocycles. The molecule has 1 aliphatic rings. The minimum atomic E-state index is 0.598. The molecule has 0 bridgehead atoms. The average molecular weight is 269 g/mol. The van der Waals surface area contributed by atoms with Gasteiger partial charge in [-0.15, -0.1) is 0 Å². The van der Waals surface area contributed by atoms with Gasteiger partial charge in [0.2, 0.25) is 0 Å². The molecule has 1 aliphatic carbocycles. The summed E-state index contributed by atoms with van der Waals surface area (Å²) in [4.78, 5) is 0. The number of rotatable bonds is 6. The van der Waals surface area contributed by atoms with Crippen molar-refractivity contribution in [3.8, 4) is 0 Å². The van der Waals surface area contributed by atoms with Gasteiger partial charge in [0, 0.05) is 5.03 Å². The van der Waals surface area contributed by atoms with Crippen molar-refractivity contribution in [2.45, 2.75) is 60.8 Å². The maximum Gasteiger partial charge on any atom is 0.0403 e. The average Bonchev–Trinajstić information content (AvgIpc) is 2.57.